The third kappa shape index (κ3) is 3.22. The number of carbonyl (C=O) groups is 1. The number of benzene rings is 1. The lowest BCUT2D eigenvalue weighted by Crippen LogP contribution is -2.25. The summed E-state index contributed by atoms with van der Waals surface area (Å²) < 4.78 is 1.76. The average molecular weight is 358 g/mol. The van der Waals surface area contributed by atoms with Crippen molar-refractivity contribution in [3.8, 4) is 0 Å². The van der Waals surface area contributed by atoms with Gasteiger partial charge in [-0.2, -0.15) is 10.2 Å². The minimum Gasteiger partial charge on any atom is -0.309 e. The molecule has 0 saturated heterocycles. The molecule has 2 heterocycles. The molecule has 1 aliphatic heterocycles. The van der Waals surface area contributed by atoms with Gasteiger partial charge in [-0.3, -0.25) is 9.48 Å². The molecule has 3 rings (SSSR count). The molecular formula is C18H20ClN5O. The Morgan fingerprint density at radius 1 is 1.32 bits per heavy atom. The van der Waals surface area contributed by atoms with Crippen molar-refractivity contribution in [2.45, 2.75) is 27.3 Å². The van der Waals surface area contributed by atoms with Gasteiger partial charge in [0, 0.05) is 19.2 Å². The van der Waals surface area contributed by atoms with E-state index in [-0.39, 0.29) is 5.91 Å². The molecule has 0 unspecified atom stereocenters. The monoisotopic (exact) mass is 357 g/mol. The molecule has 130 valence electrons. The van der Waals surface area contributed by atoms with Gasteiger partial charge in [0.25, 0.3) is 5.91 Å². The van der Waals surface area contributed by atoms with E-state index in [2.05, 4.69) is 29.1 Å². The molecule has 2 aromatic rings. The van der Waals surface area contributed by atoms with Gasteiger partial charge < -0.3 is 4.90 Å². The first-order chi connectivity index (χ1) is 11.9. The summed E-state index contributed by atoms with van der Waals surface area (Å²) in [6, 6.07) is 7.52. The minimum atomic E-state index is -0.170. The van der Waals surface area contributed by atoms with Crippen LogP contribution in [0.1, 0.15) is 30.7 Å². The largest absolute Gasteiger partial charge is 0.309 e. The molecule has 25 heavy (non-hydrogen) atoms. The average Bonchev–Trinajstić information content (AvgIpc) is 2.97. The fraction of sp³-hybridized carbons (Fsp3) is 0.333. The van der Waals surface area contributed by atoms with E-state index in [1.54, 1.807) is 22.8 Å². The van der Waals surface area contributed by atoms with Crippen LogP contribution in [-0.2, 0) is 11.3 Å². The smallest absolute Gasteiger partial charge is 0.279 e. The fourth-order valence-corrected chi connectivity index (χ4v) is 3.06. The van der Waals surface area contributed by atoms with E-state index in [9.17, 15) is 4.79 Å². The SMILES string of the molecule is Cc1nn(CC(C)C)c(Cl)c1/C=N\N=C1\C(=O)N(C)c2ccccc21. The predicted molar refractivity (Wildman–Crippen MR) is 101 cm³/mol. The first-order valence-electron chi connectivity index (χ1n) is 8.11. The van der Waals surface area contributed by atoms with Crippen LogP contribution in [-0.4, -0.2) is 34.7 Å². The predicted octanol–water partition coefficient (Wildman–Crippen LogP) is 3.30. The van der Waals surface area contributed by atoms with Gasteiger partial charge in [-0.25, -0.2) is 0 Å². The number of anilines is 1. The van der Waals surface area contributed by atoms with Crippen LogP contribution in [0.5, 0.6) is 0 Å². The van der Waals surface area contributed by atoms with Crippen molar-refractivity contribution in [1.82, 2.24) is 9.78 Å². The van der Waals surface area contributed by atoms with Crippen LogP contribution in [0, 0.1) is 12.8 Å². The van der Waals surface area contributed by atoms with Gasteiger partial charge in [-0.1, -0.05) is 43.6 Å². The lowest BCUT2D eigenvalue weighted by Gasteiger charge is -2.07. The number of aromatic nitrogens is 2. The lowest BCUT2D eigenvalue weighted by molar-refractivity contribution is -0.111. The summed E-state index contributed by atoms with van der Waals surface area (Å²) in [5, 5.41) is 13.2. The van der Waals surface area contributed by atoms with Crippen LogP contribution in [0.2, 0.25) is 5.15 Å². The van der Waals surface area contributed by atoms with Crippen molar-refractivity contribution in [2.75, 3.05) is 11.9 Å². The van der Waals surface area contributed by atoms with Crippen LogP contribution < -0.4 is 4.90 Å². The zero-order chi connectivity index (χ0) is 18.1. The van der Waals surface area contributed by atoms with Crippen molar-refractivity contribution >= 4 is 35.1 Å². The first-order valence-corrected chi connectivity index (χ1v) is 8.49. The van der Waals surface area contributed by atoms with Gasteiger partial charge in [0.1, 0.15) is 5.15 Å². The Morgan fingerprint density at radius 3 is 2.76 bits per heavy atom. The lowest BCUT2D eigenvalue weighted by atomic mass is 10.1. The fourth-order valence-electron chi connectivity index (χ4n) is 2.77. The highest BCUT2D eigenvalue weighted by Gasteiger charge is 2.31. The van der Waals surface area contributed by atoms with Gasteiger partial charge >= 0.3 is 0 Å². The van der Waals surface area contributed by atoms with Crippen LogP contribution in [0.4, 0.5) is 5.69 Å². The number of carbonyl (C=O) groups excluding carboxylic acids is 1. The molecule has 1 amide bonds. The number of rotatable bonds is 4. The molecule has 1 aromatic carbocycles. The van der Waals surface area contributed by atoms with E-state index in [0.717, 1.165) is 29.1 Å². The second-order valence-electron chi connectivity index (χ2n) is 6.44. The van der Waals surface area contributed by atoms with Gasteiger partial charge in [-0.15, -0.1) is 5.10 Å². The molecule has 0 atom stereocenters. The topological polar surface area (TPSA) is 62.9 Å². The van der Waals surface area contributed by atoms with Gasteiger partial charge in [0.15, 0.2) is 5.71 Å². The summed E-state index contributed by atoms with van der Waals surface area (Å²) in [6.07, 6.45) is 1.56. The van der Waals surface area contributed by atoms with Crippen LogP contribution in [0.15, 0.2) is 34.5 Å². The number of hydrogen-bond acceptors (Lipinski definition) is 4. The van der Waals surface area contributed by atoms with Crippen LogP contribution >= 0.6 is 11.6 Å². The number of likely N-dealkylation sites (N-methyl/N-ethyl adjacent to an activating group) is 1. The zero-order valence-corrected chi connectivity index (χ0v) is 15.4. The van der Waals surface area contributed by atoms with E-state index in [0.29, 0.717) is 16.8 Å². The van der Waals surface area contributed by atoms with Gasteiger partial charge in [0.2, 0.25) is 0 Å². The summed E-state index contributed by atoms with van der Waals surface area (Å²) in [4.78, 5) is 13.9. The molecule has 6 nitrogen and oxygen atoms in total. The Labute approximate surface area is 151 Å². The van der Waals surface area contributed by atoms with Gasteiger partial charge in [-0.05, 0) is 18.9 Å². The molecule has 0 saturated carbocycles. The highest BCUT2D eigenvalue weighted by Crippen LogP contribution is 2.27. The normalized spacial score (nSPS) is 15.8. The number of hydrogen-bond donors (Lipinski definition) is 0. The molecule has 0 spiro atoms. The third-order valence-electron chi connectivity index (χ3n) is 4.02. The molecule has 7 heteroatoms. The Hall–Kier alpha value is -2.47. The second-order valence-corrected chi connectivity index (χ2v) is 6.80. The van der Waals surface area contributed by atoms with Crippen molar-refractivity contribution in [3.63, 3.8) is 0 Å². The Kier molecular flexibility index (Phi) is 4.72. The molecule has 0 radical (unpaired) electrons. The van der Waals surface area contributed by atoms with Crippen LogP contribution in [0.25, 0.3) is 0 Å². The maximum absolute atomic E-state index is 12.3. The summed E-state index contributed by atoms with van der Waals surface area (Å²) >= 11 is 6.39. The zero-order valence-electron chi connectivity index (χ0n) is 14.7. The highest BCUT2D eigenvalue weighted by atomic mass is 35.5. The number of halogens is 1. The van der Waals surface area contributed by atoms with E-state index in [1.807, 2.05) is 31.2 Å². The number of para-hydroxylation sites is 1. The van der Waals surface area contributed by atoms with Crippen LogP contribution in [0.3, 0.4) is 0 Å². The summed E-state index contributed by atoms with van der Waals surface area (Å²) in [5.41, 5.74) is 3.45. The molecule has 0 fully saturated rings. The Bertz CT molecular complexity index is 882. The summed E-state index contributed by atoms with van der Waals surface area (Å²) in [7, 11) is 1.73. The first kappa shape index (κ1) is 17.4. The number of fused-ring (bicyclic) bond motifs is 1. The number of aryl methyl sites for hydroxylation is 1. The second kappa shape index (κ2) is 6.80. The maximum Gasteiger partial charge on any atom is 0.279 e. The van der Waals surface area contributed by atoms with Crippen molar-refractivity contribution in [1.29, 1.82) is 0 Å². The van der Waals surface area contributed by atoms with Crippen molar-refractivity contribution in [3.05, 3.63) is 46.2 Å². The van der Waals surface area contributed by atoms with E-state index in [4.69, 9.17) is 11.6 Å². The standard InChI is InChI=1S/C18H20ClN5O/c1-11(2)10-24-17(19)14(12(3)22-24)9-20-21-16-13-7-5-6-8-15(13)23(4)18(16)25/h5-9,11H,10H2,1-4H3/b20-9-,21-16+. The molecule has 1 aromatic heterocycles. The summed E-state index contributed by atoms with van der Waals surface area (Å²) in [6.45, 7) is 6.82. The van der Waals surface area contributed by atoms with Crippen molar-refractivity contribution in [2.24, 2.45) is 16.1 Å². The molecule has 1 aliphatic rings. The third-order valence-corrected chi connectivity index (χ3v) is 4.42. The number of nitrogens with zero attached hydrogens (tertiary/aromatic N) is 5. The summed E-state index contributed by atoms with van der Waals surface area (Å²) in [5.74, 6) is 0.265. The molecule has 0 N–H and O–H groups in total. The molecule has 0 aliphatic carbocycles. The van der Waals surface area contributed by atoms with Crippen molar-refractivity contribution < 1.29 is 4.79 Å². The molecule has 0 bridgehead atoms. The maximum atomic E-state index is 12.3. The van der Waals surface area contributed by atoms with E-state index < -0.39 is 0 Å². The quantitative estimate of drug-likeness (QED) is 0.622. The Morgan fingerprint density at radius 2 is 2.04 bits per heavy atom. The number of amides is 1. The molecular weight excluding hydrogens is 338 g/mol. The Balaban J connectivity index is 1.90. The van der Waals surface area contributed by atoms with E-state index in [1.165, 1.54) is 0 Å². The van der Waals surface area contributed by atoms with Gasteiger partial charge in [0.05, 0.1) is 23.2 Å². The van der Waals surface area contributed by atoms with E-state index >= 15 is 0 Å². The minimum absolute atomic E-state index is 0.170. The highest BCUT2D eigenvalue weighted by molar-refractivity contribution is 6.54.